The molecule has 3 N–H and O–H groups in total. The number of thiophene rings is 1. The van der Waals surface area contributed by atoms with Gasteiger partial charge in [0.05, 0.1) is 22.7 Å². The van der Waals surface area contributed by atoms with E-state index in [1.54, 1.807) is 24.3 Å². The van der Waals surface area contributed by atoms with Crippen molar-refractivity contribution in [2.24, 2.45) is 11.3 Å². The maximum absolute atomic E-state index is 13.2. The van der Waals surface area contributed by atoms with E-state index in [2.05, 4.69) is 31.4 Å². The van der Waals surface area contributed by atoms with Crippen LogP contribution in [0.2, 0.25) is 5.02 Å². The second-order valence-electron chi connectivity index (χ2n) is 8.89. The van der Waals surface area contributed by atoms with Crippen LogP contribution in [0.15, 0.2) is 24.3 Å². The van der Waals surface area contributed by atoms with Crippen LogP contribution in [-0.2, 0) is 22.4 Å². The van der Waals surface area contributed by atoms with Crippen LogP contribution in [0.4, 0.5) is 10.7 Å². The van der Waals surface area contributed by atoms with Crippen molar-refractivity contribution in [3.8, 4) is 0 Å². The molecule has 3 rings (SSSR count). The van der Waals surface area contributed by atoms with Gasteiger partial charge in [0.2, 0.25) is 5.91 Å². The number of rotatable bonds is 6. The van der Waals surface area contributed by atoms with Gasteiger partial charge in [0.15, 0.2) is 0 Å². The monoisotopic (exact) mass is 462 g/mol. The molecule has 0 bridgehead atoms. The van der Waals surface area contributed by atoms with E-state index in [0.29, 0.717) is 27.2 Å². The summed E-state index contributed by atoms with van der Waals surface area (Å²) < 4.78 is 0. The summed E-state index contributed by atoms with van der Waals surface area (Å²) in [6.45, 7) is 6.65. The number of carbonyl (C=O) groups excluding carboxylic acids is 2. The lowest BCUT2D eigenvalue weighted by atomic mass is 9.72. The highest BCUT2D eigenvalue weighted by molar-refractivity contribution is 7.17. The Morgan fingerprint density at radius 3 is 2.52 bits per heavy atom. The average molecular weight is 463 g/mol. The molecule has 0 spiro atoms. The Hall–Kier alpha value is -2.38. The Kier molecular flexibility index (Phi) is 7.06. The molecule has 6 nitrogen and oxygen atoms in total. The van der Waals surface area contributed by atoms with Gasteiger partial charge in [-0.15, -0.1) is 11.3 Å². The van der Waals surface area contributed by atoms with E-state index in [1.807, 2.05) is 0 Å². The van der Waals surface area contributed by atoms with E-state index in [1.165, 1.54) is 11.3 Å². The van der Waals surface area contributed by atoms with E-state index < -0.39 is 11.9 Å². The lowest BCUT2D eigenvalue weighted by Crippen LogP contribution is -2.27. The molecule has 31 heavy (non-hydrogen) atoms. The molecule has 0 aliphatic heterocycles. The van der Waals surface area contributed by atoms with Crippen molar-refractivity contribution in [3.05, 3.63) is 45.3 Å². The second-order valence-corrected chi connectivity index (χ2v) is 10.4. The van der Waals surface area contributed by atoms with Gasteiger partial charge < -0.3 is 15.7 Å². The molecule has 0 fully saturated rings. The van der Waals surface area contributed by atoms with E-state index in [-0.39, 0.29) is 24.2 Å². The van der Waals surface area contributed by atoms with E-state index >= 15 is 0 Å². The fourth-order valence-electron chi connectivity index (χ4n) is 3.81. The summed E-state index contributed by atoms with van der Waals surface area (Å²) in [6.07, 6.45) is 2.16. The maximum Gasteiger partial charge on any atom is 0.303 e. The molecule has 2 amide bonds. The summed E-state index contributed by atoms with van der Waals surface area (Å²) in [4.78, 5) is 37.5. The highest BCUT2D eigenvalue weighted by atomic mass is 35.5. The minimum Gasteiger partial charge on any atom is -0.481 e. The molecule has 2 aromatic rings. The zero-order valence-corrected chi connectivity index (χ0v) is 19.5. The van der Waals surface area contributed by atoms with Crippen LogP contribution in [0.1, 0.15) is 60.8 Å². The van der Waals surface area contributed by atoms with Gasteiger partial charge in [0, 0.05) is 11.3 Å². The molecule has 1 aliphatic rings. The van der Waals surface area contributed by atoms with Gasteiger partial charge in [0.25, 0.3) is 5.91 Å². The third-order valence-electron chi connectivity index (χ3n) is 5.66. The van der Waals surface area contributed by atoms with Gasteiger partial charge in [-0.3, -0.25) is 14.4 Å². The van der Waals surface area contributed by atoms with Gasteiger partial charge in [-0.1, -0.05) is 44.5 Å². The molecule has 1 heterocycles. The molecule has 0 saturated carbocycles. The quantitative estimate of drug-likeness (QED) is 0.520. The fourth-order valence-corrected chi connectivity index (χ4v) is 5.33. The molecule has 166 valence electrons. The van der Waals surface area contributed by atoms with Crippen molar-refractivity contribution in [1.29, 1.82) is 0 Å². The van der Waals surface area contributed by atoms with E-state index in [9.17, 15) is 14.4 Å². The highest BCUT2D eigenvalue weighted by Gasteiger charge is 2.34. The van der Waals surface area contributed by atoms with Crippen molar-refractivity contribution in [1.82, 2.24) is 0 Å². The van der Waals surface area contributed by atoms with Gasteiger partial charge in [-0.2, -0.15) is 0 Å². The lowest BCUT2D eigenvalue weighted by Gasteiger charge is -2.33. The number of nitrogens with one attached hydrogen (secondary N) is 2. The van der Waals surface area contributed by atoms with E-state index in [0.717, 1.165) is 29.7 Å². The second kappa shape index (κ2) is 9.40. The number of carboxylic acid groups (broad SMARTS) is 1. The molecule has 1 atom stereocenters. The highest BCUT2D eigenvalue weighted by Crippen LogP contribution is 2.44. The van der Waals surface area contributed by atoms with Gasteiger partial charge in [-0.25, -0.2) is 0 Å². The number of amides is 2. The zero-order chi connectivity index (χ0) is 22.8. The number of benzene rings is 1. The zero-order valence-electron chi connectivity index (χ0n) is 17.9. The summed E-state index contributed by atoms with van der Waals surface area (Å²) in [5, 5.41) is 15.4. The number of aliphatic carboxylic acids is 1. The van der Waals surface area contributed by atoms with Crippen molar-refractivity contribution >= 4 is 51.4 Å². The predicted molar refractivity (Wildman–Crippen MR) is 124 cm³/mol. The third kappa shape index (κ3) is 5.66. The first-order chi connectivity index (χ1) is 14.6. The normalized spacial score (nSPS) is 15.8. The Balaban J connectivity index is 1.92. The minimum absolute atomic E-state index is 0.145. The smallest absolute Gasteiger partial charge is 0.303 e. The number of hydrogen-bond donors (Lipinski definition) is 3. The van der Waals surface area contributed by atoms with Crippen molar-refractivity contribution in [2.75, 3.05) is 10.6 Å². The first kappa shape index (κ1) is 23.3. The first-order valence-electron chi connectivity index (χ1n) is 10.3. The summed E-state index contributed by atoms with van der Waals surface area (Å²) in [5.74, 6) is -1.30. The number of fused-ring (bicyclic) bond motifs is 1. The van der Waals surface area contributed by atoms with Gasteiger partial charge in [-0.05, 0) is 48.3 Å². The largest absolute Gasteiger partial charge is 0.481 e. The molecule has 1 aromatic carbocycles. The van der Waals surface area contributed by atoms with Crippen LogP contribution < -0.4 is 10.6 Å². The van der Waals surface area contributed by atoms with Gasteiger partial charge >= 0.3 is 5.97 Å². The van der Waals surface area contributed by atoms with Crippen molar-refractivity contribution in [3.63, 3.8) is 0 Å². The minimum atomic E-state index is -1.04. The number of carboxylic acids is 1. The molecule has 0 saturated heterocycles. The predicted octanol–water partition coefficient (Wildman–Crippen LogP) is 5.61. The summed E-state index contributed by atoms with van der Waals surface area (Å²) in [5.41, 5.74) is 2.06. The fraction of sp³-hybridized carbons (Fsp3) is 0.435. The topological polar surface area (TPSA) is 95.5 Å². The standard InChI is InChI=1S/C23H27ClN2O4S/c1-23(2,3)13-8-9-14-17(12-13)31-22(26-18(27)10-11-19(28)29)20(14)21(30)25-16-7-5-4-6-15(16)24/h4-7,13H,8-12H2,1-3H3,(H,25,30)(H,26,27)(H,28,29)/t13-/m0/s1. The molecular formula is C23H27ClN2O4S. The Morgan fingerprint density at radius 2 is 1.87 bits per heavy atom. The third-order valence-corrected chi connectivity index (χ3v) is 7.16. The Bertz CT molecular complexity index is 1010. The number of halogens is 1. The van der Waals surface area contributed by atoms with Crippen molar-refractivity contribution in [2.45, 2.75) is 52.9 Å². The Labute approximate surface area is 191 Å². The number of hydrogen-bond acceptors (Lipinski definition) is 4. The Morgan fingerprint density at radius 1 is 1.16 bits per heavy atom. The van der Waals surface area contributed by atoms with Crippen molar-refractivity contribution < 1.29 is 19.5 Å². The van der Waals surface area contributed by atoms with Gasteiger partial charge in [0.1, 0.15) is 5.00 Å². The maximum atomic E-state index is 13.2. The number of carbonyl (C=O) groups is 3. The average Bonchev–Trinajstić information content (AvgIpc) is 3.04. The molecule has 8 heteroatoms. The van der Waals surface area contributed by atoms with Crippen LogP contribution in [0.3, 0.4) is 0 Å². The SMILES string of the molecule is CC(C)(C)[C@H]1CCc2c(sc(NC(=O)CCC(=O)O)c2C(=O)Nc2ccccc2Cl)C1. The van der Waals surface area contributed by atoms with Crippen LogP contribution in [0, 0.1) is 11.3 Å². The van der Waals surface area contributed by atoms with E-state index in [4.69, 9.17) is 16.7 Å². The van der Waals surface area contributed by atoms with Crippen LogP contribution in [0.25, 0.3) is 0 Å². The molecule has 0 radical (unpaired) electrons. The first-order valence-corrected chi connectivity index (χ1v) is 11.5. The lowest BCUT2D eigenvalue weighted by molar-refractivity contribution is -0.138. The molecular weight excluding hydrogens is 436 g/mol. The molecule has 1 aromatic heterocycles. The van der Waals surface area contributed by atoms with Crippen LogP contribution in [0.5, 0.6) is 0 Å². The summed E-state index contributed by atoms with van der Waals surface area (Å²) >= 11 is 7.61. The molecule has 1 aliphatic carbocycles. The van der Waals surface area contributed by atoms with Crippen LogP contribution in [-0.4, -0.2) is 22.9 Å². The summed E-state index contributed by atoms with van der Waals surface area (Å²) in [6, 6.07) is 6.99. The number of para-hydroxylation sites is 1. The van der Waals surface area contributed by atoms with Crippen LogP contribution >= 0.6 is 22.9 Å². The number of anilines is 2. The molecule has 0 unspecified atom stereocenters. The summed E-state index contributed by atoms with van der Waals surface area (Å²) in [7, 11) is 0.